The zero-order chi connectivity index (χ0) is 24.4. The number of hydrogen-bond acceptors (Lipinski definition) is 8. The highest BCUT2D eigenvalue weighted by Crippen LogP contribution is 2.39. The Bertz CT molecular complexity index is 1230. The number of Topliss-reactive ketones (excluding diaryl/α,β-unsaturated/α-hetero) is 2. The van der Waals surface area contributed by atoms with E-state index in [0.717, 1.165) is 19.6 Å². The summed E-state index contributed by atoms with van der Waals surface area (Å²) in [5, 5.41) is 0.685. The first kappa shape index (κ1) is 23.2. The highest BCUT2D eigenvalue weighted by atomic mass is 16.5. The number of benzene rings is 1. The molecule has 182 valence electrons. The van der Waals surface area contributed by atoms with Gasteiger partial charge in [0, 0.05) is 44.0 Å². The van der Waals surface area contributed by atoms with Crippen molar-refractivity contribution in [2.24, 2.45) is 5.92 Å². The van der Waals surface area contributed by atoms with E-state index in [1.165, 1.54) is 12.0 Å². The average molecular weight is 478 g/mol. The van der Waals surface area contributed by atoms with Crippen LogP contribution >= 0.6 is 0 Å². The van der Waals surface area contributed by atoms with E-state index in [2.05, 4.69) is 9.88 Å². The van der Waals surface area contributed by atoms with E-state index in [1.807, 2.05) is 0 Å². The number of pyridine rings is 1. The maximum absolute atomic E-state index is 13.6. The first-order valence-electron chi connectivity index (χ1n) is 11.7. The summed E-state index contributed by atoms with van der Waals surface area (Å²) in [5.74, 6) is -2.58. The number of furan rings is 1. The van der Waals surface area contributed by atoms with Crippen molar-refractivity contribution in [2.75, 3.05) is 46.5 Å². The van der Waals surface area contributed by atoms with Gasteiger partial charge in [-0.05, 0) is 30.2 Å². The van der Waals surface area contributed by atoms with E-state index >= 15 is 0 Å². The molecular formula is C26H27N3O6. The molecule has 0 bridgehead atoms. The van der Waals surface area contributed by atoms with Gasteiger partial charge in [0.2, 0.25) is 11.6 Å². The highest BCUT2D eigenvalue weighted by Gasteiger charge is 2.52. The molecule has 2 unspecified atom stereocenters. The molecule has 0 saturated carbocycles. The Morgan fingerprint density at radius 2 is 1.97 bits per heavy atom. The summed E-state index contributed by atoms with van der Waals surface area (Å²) in [4.78, 5) is 47.9. The van der Waals surface area contributed by atoms with Gasteiger partial charge in [0.05, 0.1) is 26.4 Å². The number of carbonyl (C=O) groups is 3. The van der Waals surface area contributed by atoms with E-state index in [1.54, 1.807) is 48.8 Å². The molecule has 0 aliphatic carbocycles. The predicted octanol–water partition coefficient (Wildman–Crippen LogP) is 2.51. The quantitative estimate of drug-likeness (QED) is 0.277. The third kappa shape index (κ3) is 4.44. The van der Waals surface area contributed by atoms with Crippen LogP contribution in [0.4, 0.5) is 0 Å². The number of nitrogens with zero attached hydrogens (tertiary/aromatic N) is 3. The predicted molar refractivity (Wildman–Crippen MR) is 126 cm³/mol. The van der Waals surface area contributed by atoms with Crippen LogP contribution in [0.25, 0.3) is 11.0 Å². The SMILES string of the molecule is COc1cccc2cc(C(=O)C3C(=O)C(=O)N(CCCN4CCOCC4)C3c3cccnc3)oc12. The summed E-state index contributed by atoms with van der Waals surface area (Å²) in [7, 11) is 1.52. The second kappa shape index (κ2) is 9.97. The normalized spacial score (nSPS) is 21.1. The molecule has 0 N–H and O–H groups in total. The van der Waals surface area contributed by atoms with Gasteiger partial charge in [-0.25, -0.2) is 0 Å². The second-order valence-corrected chi connectivity index (χ2v) is 8.73. The van der Waals surface area contributed by atoms with E-state index in [4.69, 9.17) is 13.9 Å². The van der Waals surface area contributed by atoms with Crippen LogP contribution in [0.15, 0.2) is 53.2 Å². The molecular weight excluding hydrogens is 450 g/mol. The first-order valence-corrected chi connectivity index (χ1v) is 11.7. The van der Waals surface area contributed by atoms with Crippen molar-refractivity contribution in [3.8, 4) is 5.75 Å². The maximum atomic E-state index is 13.6. The summed E-state index contributed by atoms with van der Waals surface area (Å²) in [6.45, 7) is 4.21. The molecule has 1 aromatic carbocycles. The van der Waals surface area contributed by atoms with Gasteiger partial charge in [-0.1, -0.05) is 18.2 Å². The number of ketones is 2. The van der Waals surface area contributed by atoms with Crippen molar-refractivity contribution < 1.29 is 28.3 Å². The lowest BCUT2D eigenvalue weighted by Gasteiger charge is -2.29. The van der Waals surface area contributed by atoms with Crippen LogP contribution in [0.1, 0.15) is 28.6 Å². The second-order valence-electron chi connectivity index (χ2n) is 8.73. The number of aromatic nitrogens is 1. The van der Waals surface area contributed by atoms with E-state index in [-0.39, 0.29) is 5.76 Å². The molecule has 5 rings (SSSR count). The smallest absolute Gasteiger partial charge is 0.291 e. The monoisotopic (exact) mass is 477 g/mol. The fraction of sp³-hybridized carbons (Fsp3) is 0.385. The van der Waals surface area contributed by atoms with Crippen molar-refractivity contribution >= 4 is 28.4 Å². The molecule has 2 aromatic heterocycles. The Labute approximate surface area is 202 Å². The van der Waals surface area contributed by atoms with E-state index in [9.17, 15) is 14.4 Å². The van der Waals surface area contributed by atoms with Gasteiger partial charge in [0.1, 0.15) is 5.92 Å². The van der Waals surface area contributed by atoms with Crippen LogP contribution in [-0.4, -0.2) is 78.8 Å². The van der Waals surface area contributed by atoms with Gasteiger partial charge in [-0.3, -0.25) is 24.3 Å². The topological polar surface area (TPSA) is 102 Å². The lowest BCUT2D eigenvalue weighted by atomic mass is 9.89. The lowest BCUT2D eigenvalue weighted by Crippen LogP contribution is -2.39. The van der Waals surface area contributed by atoms with Crippen LogP contribution in [0.3, 0.4) is 0 Å². The molecule has 0 radical (unpaired) electrons. The molecule has 9 heteroatoms. The fourth-order valence-electron chi connectivity index (χ4n) is 4.91. The molecule has 9 nitrogen and oxygen atoms in total. The fourth-order valence-corrected chi connectivity index (χ4v) is 4.91. The zero-order valence-electron chi connectivity index (χ0n) is 19.5. The average Bonchev–Trinajstić information content (AvgIpc) is 3.44. The summed E-state index contributed by atoms with van der Waals surface area (Å²) >= 11 is 0. The van der Waals surface area contributed by atoms with Gasteiger partial charge >= 0.3 is 0 Å². The van der Waals surface area contributed by atoms with Crippen LogP contribution < -0.4 is 4.74 Å². The molecule has 1 amide bonds. The van der Waals surface area contributed by atoms with Crippen molar-refractivity contribution in [2.45, 2.75) is 12.5 Å². The number of likely N-dealkylation sites (tertiary alicyclic amines) is 1. The number of morpholine rings is 1. The Hall–Kier alpha value is -3.56. The summed E-state index contributed by atoms with van der Waals surface area (Å²) in [5.41, 5.74) is 1.07. The summed E-state index contributed by atoms with van der Waals surface area (Å²) in [6, 6.07) is 9.72. The highest BCUT2D eigenvalue weighted by molar-refractivity contribution is 6.43. The zero-order valence-corrected chi connectivity index (χ0v) is 19.5. The van der Waals surface area contributed by atoms with Gasteiger partial charge in [-0.15, -0.1) is 0 Å². The van der Waals surface area contributed by atoms with Crippen LogP contribution in [0.5, 0.6) is 5.75 Å². The van der Waals surface area contributed by atoms with Crippen molar-refractivity contribution in [3.63, 3.8) is 0 Å². The third-order valence-electron chi connectivity index (χ3n) is 6.66. The van der Waals surface area contributed by atoms with Crippen molar-refractivity contribution in [3.05, 3.63) is 60.1 Å². The number of carbonyl (C=O) groups excluding carboxylic acids is 3. The minimum atomic E-state index is -1.21. The summed E-state index contributed by atoms with van der Waals surface area (Å²) < 4.78 is 16.6. The van der Waals surface area contributed by atoms with Gasteiger partial charge in [0.25, 0.3) is 5.91 Å². The Morgan fingerprint density at radius 3 is 2.71 bits per heavy atom. The molecule has 2 aliphatic rings. The maximum Gasteiger partial charge on any atom is 0.291 e. The number of amides is 1. The standard InChI is InChI=1S/C26H27N3O6/c1-33-19-7-2-5-17-15-20(35-25(17)19)23(30)21-22(18-6-3-8-27-16-18)29(26(32)24(21)31)10-4-9-28-11-13-34-14-12-28/h2-3,5-8,15-16,21-22H,4,9-14H2,1H3. The minimum absolute atomic E-state index is 0.0275. The summed E-state index contributed by atoms with van der Waals surface area (Å²) in [6.07, 6.45) is 3.90. The van der Waals surface area contributed by atoms with Gasteiger partial charge in [0.15, 0.2) is 17.1 Å². The molecule has 2 saturated heterocycles. The molecule has 2 fully saturated rings. The van der Waals surface area contributed by atoms with Crippen molar-refractivity contribution in [1.82, 2.24) is 14.8 Å². The lowest BCUT2D eigenvalue weighted by molar-refractivity contribution is -0.140. The largest absolute Gasteiger partial charge is 0.493 e. The molecule has 4 heterocycles. The molecule has 3 aromatic rings. The number of rotatable bonds is 8. The Morgan fingerprint density at radius 1 is 1.14 bits per heavy atom. The van der Waals surface area contributed by atoms with Gasteiger partial charge in [-0.2, -0.15) is 0 Å². The van der Waals surface area contributed by atoms with Crippen molar-refractivity contribution in [1.29, 1.82) is 0 Å². The van der Waals surface area contributed by atoms with E-state index < -0.39 is 29.4 Å². The Balaban J connectivity index is 1.44. The molecule has 0 spiro atoms. The first-order chi connectivity index (χ1) is 17.1. The number of hydrogen-bond donors (Lipinski definition) is 0. The minimum Gasteiger partial charge on any atom is -0.493 e. The Kier molecular flexibility index (Phi) is 6.61. The van der Waals surface area contributed by atoms with Gasteiger partial charge < -0.3 is 18.8 Å². The van der Waals surface area contributed by atoms with E-state index in [0.29, 0.717) is 48.5 Å². The molecule has 2 aliphatic heterocycles. The van der Waals surface area contributed by atoms with Crippen LogP contribution in [0, 0.1) is 5.92 Å². The third-order valence-corrected chi connectivity index (χ3v) is 6.66. The number of fused-ring (bicyclic) bond motifs is 1. The molecule has 35 heavy (non-hydrogen) atoms. The number of ether oxygens (including phenoxy) is 2. The molecule has 2 atom stereocenters. The van der Waals surface area contributed by atoms with Crippen LogP contribution in [-0.2, 0) is 14.3 Å². The number of para-hydroxylation sites is 1. The number of methoxy groups -OCH3 is 1. The van der Waals surface area contributed by atoms with Crippen LogP contribution in [0.2, 0.25) is 0 Å².